The molecule has 2 rings (SSSR count). The van der Waals surface area contributed by atoms with Gasteiger partial charge < -0.3 is 10.2 Å². The Morgan fingerprint density at radius 2 is 1.92 bits per heavy atom. The number of hydrogen-bond donors (Lipinski definition) is 1. The molecule has 1 aromatic heterocycles. The van der Waals surface area contributed by atoms with Gasteiger partial charge >= 0.3 is 0 Å². The lowest BCUT2D eigenvalue weighted by Gasteiger charge is -2.22. The van der Waals surface area contributed by atoms with Crippen LogP contribution in [-0.4, -0.2) is 35.7 Å². The van der Waals surface area contributed by atoms with Gasteiger partial charge in [0, 0.05) is 30.7 Å². The zero-order valence-electron chi connectivity index (χ0n) is 15.3. The van der Waals surface area contributed by atoms with Gasteiger partial charge in [-0.2, -0.15) is 0 Å². The number of thioether (sulfide) groups is 1. The number of nitrogens with one attached hydrogen (secondary N) is 1. The van der Waals surface area contributed by atoms with Gasteiger partial charge in [0.1, 0.15) is 0 Å². The lowest BCUT2D eigenvalue weighted by Crippen LogP contribution is -2.38. The second kappa shape index (κ2) is 11.4. The summed E-state index contributed by atoms with van der Waals surface area (Å²) in [5.41, 5.74) is 3.28. The molecule has 136 valence electrons. The normalized spacial score (nSPS) is 11.0. The van der Waals surface area contributed by atoms with Crippen LogP contribution < -0.4 is 5.32 Å². The van der Waals surface area contributed by atoms with Gasteiger partial charge in [0.25, 0.3) is 0 Å². The molecule has 0 aliphatic carbocycles. The van der Waals surface area contributed by atoms with Crippen molar-refractivity contribution < 1.29 is 0 Å². The first-order valence-corrected chi connectivity index (χ1v) is 9.39. The molecule has 25 heavy (non-hydrogen) atoms. The lowest BCUT2D eigenvalue weighted by atomic mass is 10.2. The standard InChI is InChI=1S/C19H26N4S.HI/c1-5-20-19(21-13-17-8-6-7-15(2)22-17)23(3)14-16-9-11-18(24-4)12-10-16;/h6-12H,5,13-14H2,1-4H3,(H,20,21);1H. The predicted molar refractivity (Wildman–Crippen MR) is 119 cm³/mol. The number of guanidine groups is 1. The number of aryl methyl sites for hydroxylation is 1. The van der Waals surface area contributed by atoms with E-state index in [2.05, 4.69) is 59.7 Å². The van der Waals surface area contributed by atoms with E-state index in [1.54, 1.807) is 11.8 Å². The van der Waals surface area contributed by atoms with Crippen molar-refractivity contribution in [3.05, 3.63) is 59.4 Å². The minimum atomic E-state index is 0. The molecular weight excluding hydrogens is 443 g/mol. The lowest BCUT2D eigenvalue weighted by molar-refractivity contribution is 0.476. The molecule has 1 heterocycles. The van der Waals surface area contributed by atoms with Crippen LogP contribution in [0.1, 0.15) is 23.9 Å². The van der Waals surface area contributed by atoms with E-state index < -0.39 is 0 Å². The largest absolute Gasteiger partial charge is 0.357 e. The zero-order valence-corrected chi connectivity index (χ0v) is 18.5. The van der Waals surface area contributed by atoms with Gasteiger partial charge in [-0.15, -0.1) is 35.7 Å². The Morgan fingerprint density at radius 1 is 1.20 bits per heavy atom. The van der Waals surface area contributed by atoms with E-state index >= 15 is 0 Å². The van der Waals surface area contributed by atoms with Gasteiger partial charge in [0.2, 0.25) is 0 Å². The maximum Gasteiger partial charge on any atom is 0.194 e. The number of aromatic nitrogens is 1. The smallest absolute Gasteiger partial charge is 0.194 e. The average molecular weight is 470 g/mol. The van der Waals surface area contributed by atoms with Crippen molar-refractivity contribution in [3.8, 4) is 0 Å². The average Bonchev–Trinajstić information content (AvgIpc) is 2.59. The molecular formula is C19H27IN4S. The van der Waals surface area contributed by atoms with Crippen molar-refractivity contribution in [2.45, 2.75) is 31.8 Å². The molecule has 0 amide bonds. The molecule has 1 N–H and O–H groups in total. The third-order valence-electron chi connectivity index (χ3n) is 3.61. The molecule has 0 saturated carbocycles. The first-order valence-electron chi connectivity index (χ1n) is 8.17. The molecule has 0 radical (unpaired) electrons. The number of pyridine rings is 1. The Morgan fingerprint density at radius 3 is 2.52 bits per heavy atom. The van der Waals surface area contributed by atoms with Crippen LogP contribution in [0, 0.1) is 6.92 Å². The predicted octanol–water partition coefficient (Wildman–Crippen LogP) is 4.33. The summed E-state index contributed by atoms with van der Waals surface area (Å²) in [6, 6.07) is 14.7. The van der Waals surface area contributed by atoms with Crippen molar-refractivity contribution in [2.75, 3.05) is 19.8 Å². The quantitative estimate of drug-likeness (QED) is 0.296. The Balaban J connectivity index is 0.00000312. The summed E-state index contributed by atoms with van der Waals surface area (Å²) in [4.78, 5) is 12.7. The highest BCUT2D eigenvalue weighted by molar-refractivity contribution is 14.0. The van der Waals surface area contributed by atoms with Crippen molar-refractivity contribution in [1.29, 1.82) is 0 Å². The molecule has 0 unspecified atom stereocenters. The summed E-state index contributed by atoms with van der Waals surface area (Å²) < 4.78 is 0. The van der Waals surface area contributed by atoms with Crippen LogP contribution in [0.15, 0.2) is 52.4 Å². The van der Waals surface area contributed by atoms with Crippen LogP contribution in [0.25, 0.3) is 0 Å². The fraction of sp³-hybridized carbons (Fsp3) is 0.368. The SMILES string of the molecule is CCNC(=NCc1cccc(C)n1)N(C)Cc1ccc(SC)cc1.I. The minimum Gasteiger partial charge on any atom is -0.357 e. The summed E-state index contributed by atoms with van der Waals surface area (Å²) in [6.45, 7) is 6.33. The van der Waals surface area contributed by atoms with Crippen LogP contribution in [0.5, 0.6) is 0 Å². The molecule has 2 aromatic rings. The zero-order chi connectivity index (χ0) is 17.4. The van der Waals surface area contributed by atoms with Gasteiger partial charge in [0.05, 0.1) is 12.2 Å². The van der Waals surface area contributed by atoms with Crippen molar-refractivity contribution in [2.24, 2.45) is 4.99 Å². The number of aliphatic imine (C=N–C) groups is 1. The second-order valence-electron chi connectivity index (χ2n) is 5.64. The van der Waals surface area contributed by atoms with Crippen LogP contribution in [0.4, 0.5) is 0 Å². The molecule has 0 spiro atoms. The Bertz CT molecular complexity index is 673. The number of halogens is 1. The van der Waals surface area contributed by atoms with E-state index in [9.17, 15) is 0 Å². The first-order chi connectivity index (χ1) is 11.6. The monoisotopic (exact) mass is 470 g/mol. The van der Waals surface area contributed by atoms with E-state index in [0.29, 0.717) is 6.54 Å². The summed E-state index contributed by atoms with van der Waals surface area (Å²) >= 11 is 1.76. The van der Waals surface area contributed by atoms with Crippen molar-refractivity contribution >= 4 is 41.7 Å². The highest BCUT2D eigenvalue weighted by atomic mass is 127. The molecule has 0 saturated heterocycles. The van der Waals surface area contributed by atoms with E-state index in [0.717, 1.165) is 30.4 Å². The van der Waals surface area contributed by atoms with Gasteiger partial charge in [0.15, 0.2) is 5.96 Å². The van der Waals surface area contributed by atoms with Crippen LogP contribution in [0.2, 0.25) is 0 Å². The molecule has 0 atom stereocenters. The molecule has 0 aliphatic rings. The molecule has 0 fully saturated rings. The summed E-state index contributed by atoms with van der Waals surface area (Å²) in [5.74, 6) is 0.898. The van der Waals surface area contributed by atoms with E-state index in [4.69, 9.17) is 4.99 Å². The minimum absolute atomic E-state index is 0. The van der Waals surface area contributed by atoms with E-state index in [1.807, 2.05) is 25.1 Å². The van der Waals surface area contributed by atoms with Gasteiger partial charge in [-0.3, -0.25) is 4.98 Å². The topological polar surface area (TPSA) is 40.5 Å². The highest BCUT2D eigenvalue weighted by Gasteiger charge is 2.07. The highest BCUT2D eigenvalue weighted by Crippen LogP contribution is 2.15. The molecule has 1 aromatic carbocycles. The third kappa shape index (κ3) is 7.23. The summed E-state index contributed by atoms with van der Waals surface area (Å²) in [7, 11) is 2.06. The number of hydrogen-bond acceptors (Lipinski definition) is 3. The van der Waals surface area contributed by atoms with Gasteiger partial charge in [-0.05, 0) is 49.9 Å². The molecule has 4 nitrogen and oxygen atoms in total. The fourth-order valence-corrected chi connectivity index (χ4v) is 2.80. The maximum absolute atomic E-state index is 4.72. The number of nitrogens with zero attached hydrogens (tertiary/aromatic N) is 3. The molecule has 0 bridgehead atoms. The van der Waals surface area contributed by atoms with Crippen LogP contribution in [-0.2, 0) is 13.1 Å². The Hall–Kier alpha value is -1.28. The molecule has 6 heteroatoms. The van der Waals surface area contributed by atoms with E-state index in [-0.39, 0.29) is 24.0 Å². The van der Waals surface area contributed by atoms with Crippen molar-refractivity contribution in [3.63, 3.8) is 0 Å². The third-order valence-corrected chi connectivity index (χ3v) is 4.36. The maximum atomic E-state index is 4.72. The summed E-state index contributed by atoms with van der Waals surface area (Å²) in [6.07, 6.45) is 2.09. The first kappa shape index (κ1) is 21.8. The molecule has 0 aliphatic heterocycles. The van der Waals surface area contributed by atoms with Gasteiger partial charge in [-0.25, -0.2) is 4.99 Å². The second-order valence-corrected chi connectivity index (χ2v) is 6.52. The Labute approximate surface area is 172 Å². The number of benzene rings is 1. The van der Waals surface area contributed by atoms with Crippen molar-refractivity contribution in [1.82, 2.24) is 15.2 Å². The summed E-state index contributed by atoms with van der Waals surface area (Å²) in [5, 5.41) is 3.35. The Kier molecular flexibility index (Phi) is 9.89. The van der Waals surface area contributed by atoms with E-state index in [1.165, 1.54) is 10.5 Å². The van der Waals surface area contributed by atoms with Gasteiger partial charge in [-0.1, -0.05) is 18.2 Å². The fourth-order valence-electron chi connectivity index (χ4n) is 2.39. The van der Waals surface area contributed by atoms with Crippen LogP contribution in [0.3, 0.4) is 0 Å². The number of rotatable bonds is 6. The van der Waals surface area contributed by atoms with Crippen LogP contribution >= 0.6 is 35.7 Å².